The molecule has 15 aromatic rings. The Labute approximate surface area is 446 Å². The fourth-order valence-electron chi connectivity index (χ4n) is 12.7. The van der Waals surface area contributed by atoms with Crippen molar-refractivity contribution < 1.29 is 0 Å². The minimum atomic E-state index is 0.587. The summed E-state index contributed by atoms with van der Waals surface area (Å²) in [5, 5.41) is 12.0. The number of aromatic nitrogens is 6. The standard InChI is InChI=1S/C70H40N8/c1-2-19-48-41(13-1)30-31-53-51-24-9-17-45-39-46(40-61(63(45)51)78(67(48)53)69-73-58-27-5-3-20-55(58)65(75-69)44-34-37-71-38-35-44)47-22-11-25-52-49(47)32-33-54-50-23-7-14-42-15-10-29-60(62(42)50)77(68(52)54)70-74-59-28-6-4-21-56(59)66(76-70)57-26-8-16-43-18-12-36-72-64(43)57/h1-40H. The van der Waals surface area contributed by atoms with Gasteiger partial charge in [0, 0.05) is 78.5 Å². The Kier molecular flexibility index (Phi) is 8.96. The number of pyridine rings is 2. The predicted molar refractivity (Wildman–Crippen MR) is 319 cm³/mol. The third-order valence-electron chi connectivity index (χ3n) is 16.0. The van der Waals surface area contributed by atoms with Gasteiger partial charge in [-0.2, -0.15) is 0 Å². The smallest absolute Gasteiger partial charge is 0.235 e. The minimum Gasteiger partial charge on any atom is -0.277 e. The summed E-state index contributed by atoms with van der Waals surface area (Å²) in [6.07, 6.45) is 5.51. The molecule has 0 spiro atoms. The fourth-order valence-corrected chi connectivity index (χ4v) is 12.7. The molecule has 2 aliphatic heterocycles. The van der Waals surface area contributed by atoms with E-state index in [1.807, 2.05) is 36.8 Å². The van der Waals surface area contributed by atoms with E-state index >= 15 is 0 Å². The Hall–Kier alpha value is -10.7. The van der Waals surface area contributed by atoms with Gasteiger partial charge in [0.15, 0.2) is 0 Å². The van der Waals surface area contributed by atoms with E-state index < -0.39 is 0 Å². The zero-order chi connectivity index (χ0) is 51.0. The summed E-state index contributed by atoms with van der Waals surface area (Å²) < 4.78 is 0. The van der Waals surface area contributed by atoms with Gasteiger partial charge in [-0.3, -0.25) is 19.8 Å². The first kappa shape index (κ1) is 42.6. The van der Waals surface area contributed by atoms with Gasteiger partial charge in [-0.1, -0.05) is 176 Å². The molecule has 0 N–H and O–H groups in total. The van der Waals surface area contributed by atoms with Crippen molar-refractivity contribution >= 4 is 110 Å². The Bertz CT molecular complexity index is 5060. The molecule has 78 heavy (non-hydrogen) atoms. The van der Waals surface area contributed by atoms with Crippen LogP contribution in [0.5, 0.6) is 0 Å². The lowest BCUT2D eigenvalue weighted by atomic mass is 9.85. The highest BCUT2D eigenvalue weighted by atomic mass is 15.3. The van der Waals surface area contributed by atoms with Crippen molar-refractivity contribution in [2.75, 3.05) is 9.80 Å². The second-order valence-electron chi connectivity index (χ2n) is 20.2. The van der Waals surface area contributed by atoms with Crippen molar-refractivity contribution in [1.29, 1.82) is 0 Å². The quantitative estimate of drug-likeness (QED) is 0.169. The van der Waals surface area contributed by atoms with E-state index in [4.69, 9.17) is 24.9 Å². The van der Waals surface area contributed by atoms with Gasteiger partial charge in [-0.05, 0) is 92.3 Å². The summed E-state index contributed by atoms with van der Waals surface area (Å²) in [5.74, 6) is 1.18. The monoisotopic (exact) mass is 992 g/mol. The minimum absolute atomic E-state index is 0.587. The average Bonchev–Trinajstić information content (AvgIpc) is 3.69. The molecule has 8 heteroatoms. The number of fused-ring (bicyclic) bond motifs is 11. The zero-order valence-corrected chi connectivity index (χ0v) is 41.7. The number of anilines is 6. The van der Waals surface area contributed by atoms with E-state index in [1.165, 1.54) is 11.1 Å². The molecule has 0 radical (unpaired) electrons. The number of para-hydroxylation sites is 3. The summed E-state index contributed by atoms with van der Waals surface area (Å²) in [5.41, 5.74) is 17.1. The molecule has 11 aromatic carbocycles. The van der Waals surface area contributed by atoms with Crippen molar-refractivity contribution in [3.63, 3.8) is 0 Å². The number of rotatable bonds is 5. The average molecular weight is 993 g/mol. The van der Waals surface area contributed by atoms with Crippen LogP contribution in [0.2, 0.25) is 0 Å². The first-order valence-electron chi connectivity index (χ1n) is 26.3. The molecule has 2 aliphatic rings. The van der Waals surface area contributed by atoms with Gasteiger partial charge in [-0.25, -0.2) is 19.9 Å². The number of nitrogens with zero attached hydrogens (tertiary/aromatic N) is 8. The van der Waals surface area contributed by atoms with Crippen molar-refractivity contribution in [1.82, 2.24) is 29.9 Å². The lowest BCUT2D eigenvalue weighted by Gasteiger charge is -2.34. The topological polar surface area (TPSA) is 83.8 Å². The van der Waals surface area contributed by atoms with E-state index in [9.17, 15) is 0 Å². The van der Waals surface area contributed by atoms with E-state index in [0.717, 1.165) is 143 Å². The van der Waals surface area contributed by atoms with Gasteiger partial charge in [0.2, 0.25) is 11.9 Å². The maximum atomic E-state index is 5.64. The van der Waals surface area contributed by atoms with Gasteiger partial charge in [0.05, 0.1) is 50.7 Å². The van der Waals surface area contributed by atoms with E-state index in [0.29, 0.717) is 11.9 Å². The Morgan fingerprint density at radius 1 is 0.295 bits per heavy atom. The van der Waals surface area contributed by atoms with E-state index in [-0.39, 0.29) is 0 Å². The SMILES string of the molecule is c1ccc2c3c(ccc2c1)-c1cccc2cc(-c4cccc5c6c(ccc45)-c4cccc5cccc(c45)N6c4nc(-c5cccc6cccnc56)c5ccccc5n4)cc(c12)N3c1nc(-c2ccncc2)c2ccccc2n1. The molecule has 17 rings (SSSR count). The molecule has 0 amide bonds. The maximum Gasteiger partial charge on any atom is 0.235 e. The largest absolute Gasteiger partial charge is 0.277 e. The molecule has 0 unspecified atom stereocenters. The third kappa shape index (κ3) is 6.16. The number of benzene rings is 11. The van der Waals surface area contributed by atoms with Crippen LogP contribution in [0, 0.1) is 0 Å². The van der Waals surface area contributed by atoms with Crippen molar-refractivity contribution in [3.05, 3.63) is 243 Å². The zero-order valence-electron chi connectivity index (χ0n) is 41.7. The van der Waals surface area contributed by atoms with Gasteiger partial charge < -0.3 is 0 Å². The summed E-state index contributed by atoms with van der Waals surface area (Å²) in [6, 6.07) is 80.2. The van der Waals surface area contributed by atoms with Crippen LogP contribution in [0.3, 0.4) is 0 Å². The predicted octanol–water partition coefficient (Wildman–Crippen LogP) is 18.0. The summed E-state index contributed by atoms with van der Waals surface area (Å²) in [7, 11) is 0. The molecular weight excluding hydrogens is 953 g/mol. The maximum absolute atomic E-state index is 5.64. The highest BCUT2D eigenvalue weighted by Crippen LogP contribution is 2.57. The molecular formula is C70H40N8. The molecule has 8 nitrogen and oxygen atoms in total. The van der Waals surface area contributed by atoms with Crippen LogP contribution in [0.4, 0.5) is 34.6 Å². The Morgan fingerprint density at radius 2 is 0.859 bits per heavy atom. The summed E-state index contributed by atoms with van der Waals surface area (Å²) in [6.45, 7) is 0. The lowest BCUT2D eigenvalue weighted by molar-refractivity contribution is 1.12. The van der Waals surface area contributed by atoms with Gasteiger partial charge in [0.1, 0.15) is 0 Å². The van der Waals surface area contributed by atoms with Crippen LogP contribution >= 0.6 is 0 Å². The van der Waals surface area contributed by atoms with E-state index in [1.54, 1.807) is 0 Å². The van der Waals surface area contributed by atoms with Crippen LogP contribution < -0.4 is 9.80 Å². The molecule has 0 atom stereocenters. The highest BCUT2D eigenvalue weighted by molar-refractivity contribution is 6.23. The molecule has 6 heterocycles. The van der Waals surface area contributed by atoms with Crippen molar-refractivity contribution in [2.45, 2.75) is 0 Å². The summed E-state index contributed by atoms with van der Waals surface area (Å²) >= 11 is 0. The molecule has 4 aromatic heterocycles. The number of hydrogen-bond acceptors (Lipinski definition) is 8. The summed E-state index contributed by atoms with van der Waals surface area (Å²) in [4.78, 5) is 36.0. The molecule has 360 valence electrons. The van der Waals surface area contributed by atoms with Crippen molar-refractivity contribution in [2.24, 2.45) is 0 Å². The highest BCUT2D eigenvalue weighted by Gasteiger charge is 2.33. The third-order valence-corrected chi connectivity index (χ3v) is 16.0. The van der Waals surface area contributed by atoms with Gasteiger partial charge >= 0.3 is 0 Å². The Morgan fingerprint density at radius 3 is 1.65 bits per heavy atom. The number of hydrogen-bond donors (Lipinski definition) is 0. The molecule has 0 saturated heterocycles. The van der Waals surface area contributed by atoms with Crippen LogP contribution in [0.25, 0.3) is 132 Å². The van der Waals surface area contributed by atoms with Crippen LogP contribution in [0.15, 0.2) is 243 Å². The van der Waals surface area contributed by atoms with Crippen LogP contribution in [-0.4, -0.2) is 29.9 Å². The van der Waals surface area contributed by atoms with Crippen LogP contribution in [-0.2, 0) is 0 Å². The second-order valence-corrected chi connectivity index (χ2v) is 20.2. The molecule has 0 bridgehead atoms. The van der Waals surface area contributed by atoms with E-state index in [2.05, 4.69) is 221 Å². The Balaban J connectivity index is 0.931. The van der Waals surface area contributed by atoms with Gasteiger partial charge in [-0.15, -0.1) is 0 Å². The second kappa shape index (κ2) is 16.4. The molecule has 0 saturated carbocycles. The first-order chi connectivity index (χ1) is 38.7. The molecule has 0 aliphatic carbocycles. The normalized spacial score (nSPS) is 12.6. The fraction of sp³-hybridized carbons (Fsp3) is 0. The molecule has 0 fully saturated rings. The lowest BCUT2D eigenvalue weighted by Crippen LogP contribution is -2.19. The van der Waals surface area contributed by atoms with Crippen molar-refractivity contribution in [3.8, 4) is 55.9 Å². The van der Waals surface area contributed by atoms with Crippen LogP contribution in [0.1, 0.15) is 0 Å². The van der Waals surface area contributed by atoms with Gasteiger partial charge in [0.25, 0.3) is 0 Å². The first-order valence-corrected chi connectivity index (χ1v) is 26.3.